The predicted molar refractivity (Wildman–Crippen MR) is 82.6 cm³/mol. The first kappa shape index (κ1) is 14.9. The zero-order valence-electron chi connectivity index (χ0n) is 12.2. The summed E-state index contributed by atoms with van der Waals surface area (Å²) in [5.74, 6) is -0.149. The van der Waals surface area contributed by atoms with E-state index >= 15 is 0 Å². The van der Waals surface area contributed by atoms with E-state index in [9.17, 15) is 4.79 Å². The summed E-state index contributed by atoms with van der Waals surface area (Å²) >= 11 is 0. The molecule has 0 fully saturated rings. The Morgan fingerprint density at radius 1 is 1.10 bits per heavy atom. The predicted octanol–water partition coefficient (Wildman–Crippen LogP) is 3.54. The molecular formula is C17H19NO3. The van der Waals surface area contributed by atoms with Gasteiger partial charge in [0.25, 0.3) is 0 Å². The molecule has 0 heterocycles. The van der Waals surface area contributed by atoms with Gasteiger partial charge in [0, 0.05) is 5.69 Å². The van der Waals surface area contributed by atoms with Gasteiger partial charge in [0.1, 0.15) is 17.9 Å². The molecule has 4 heteroatoms. The van der Waals surface area contributed by atoms with Crippen LogP contribution in [0.4, 0.5) is 5.69 Å². The number of ether oxygens (including phenoxy) is 1. The normalized spacial score (nSPS) is 11.0. The number of hydrogen-bond acceptors (Lipinski definition) is 3. The zero-order chi connectivity index (χ0) is 15.3. The Kier molecular flexibility index (Phi) is 4.48. The Balaban J connectivity index is 1.95. The molecule has 21 heavy (non-hydrogen) atoms. The van der Waals surface area contributed by atoms with Gasteiger partial charge in [-0.25, -0.2) is 4.79 Å². The van der Waals surface area contributed by atoms with Crippen molar-refractivity contribution in [2.24, 2.45) is 0 Å². The lowest BCUT2D eigenvalue weighted by Gasteiger charge is -2.22. The van der Waals surface area contributed by atoms with Gasteiger partial charge >= 0.3 is 5.97 Å². The maximum Gasteiger partial charge on any atom is 0.328 e. The SMILES string of the molecule is CC(C)(Nc1ccc(OCc2ccccc2)cc1)C(=O)O. The Hall–Kier alpha value is -2.49. The van der Waals surface area contributed by atoms with Crippen LogP contribution in [0.2, 0.25) is 0 Å². The molecule has 0 aliphatic heterocycles. The molecular weight excluding hydrogens is 266 g/mol. The van der Waals surface area contributed by atoms with Gasteiger partial charge in [-0.2, -0.15) is 0 Å². The average molecular weight is 285 g/mol. The number of rotatable bonds is 6. The van der Waals surface area contributed by atoms with Crippen molar-refractivity contribution >= 4 is 11.7 Å². The number of anilines is 1. The zero-order valence-corrected chi connectivity index (χ0v) is 12.2. The molecule has 0 saturated carbocycles. The van der Waals surface area contributed by atoms with E-state index in [0.717, 1.165) is 17.0 Å². The third-order valence-electron chi connectivity index (χ3n) is 3.09. The number of nitrogens with one attached hydrogen (secondary N) is 1. The summed E-state index contributed by atoms with van der Waals surface area (Å²) in [4.78, 5) is 11.1. The first-order valence-electron chi connectivity index (χ1n) is 6.76. The van der Waals surface area contributed by atoms with Crippen LogP contribution in [0.25, 0.3) is 0 Å². The van der Waals surface area contributed by atoms with Crippen molar-refractivity contribution in [1.29, 1.82) is 0 Å². The molecule has 2 N–H and O–H groups in total. The number of carboxylic acid groups (broad SMARTS) is 1. The van der Waals surface area contributed by atoms with E-state index in [1.807, 2.05) is 54.6 Å². The average Bonchev–Trinajstić information content (AvgIpc) is 2.47. The van der Waals surface area contributed by atoms with E-state index in [1.54, 1.807) is 13.8 Å². The van der Waals surface area contributed by atoms with Crippen LogP contribution in [-0.4, -0.2) is 16.6 Å². The van der Waals surface area contributed by atoms with Crippen molar-refractivity contribution in [3.63, 3.8) is 0 Å². The molecule has 2 rings (SSSR count). The van der Waals surface area contributed by atoms with E-state index in [-0.39, 0.29) is 0 Å². The van der Waals surface area contributed by atoms with Crippen LogP contribution in [0.15, 0.2) is 54.6 Å². The fraction of sp³-hybridized carbons (Fsp3) is 0.235. The van der Waals surface area contributed by atoms with E-state index in [2.05, 4.69) is 5.32 Å². The Morgan fingerprint density at radius 3 is 2.29 bits per heavy atom. The van der Waals surface area contributed by atoms with Gasteiger partial charge in [0.2, 0.25) is 0 Å². The quantitative estimate of drug-likeness (QED) is 0.852. The number of aliphatic carboxylic acids is 1. The number of hydrogen-bond donors (Lipinski definition) is 2. The Labute approximate surface area is 124 Å². The topological polar surface area (TPSA) is 58.6 Å². The fourth-order valence-electron chi connectivity index (χ4n) is 1.79. The van der Waals surface area contributed by atoms with E-state index in [4.69, 9.17) is 9.84 Å². The molecule has 0 atom stereocenters. The lowest BCUT2D eigenvalue weighted by Crippen LogP contribution is -2.39. The molecule has 2 aromatic carbocycles. The van der Waals surface area contributed by atoms with E-state index in [1.165, 1.54) is 0 Å². The molecule has 0 aliphatic carbocycles. The van der Waals surface area contributed by atoms with Crippen LogP contribution in [0.1, 0.15) is 19.4 Å². The minimum absolute atomic E-state index is 0.508. The molecule has 0 unspecified atom stereocenters. The van der Waals surface area contributed by atoms with Crippen LogP contribution in [-0.2, 0) is 11.4 Å². The van der Waals surface area contributed by atoms with Crippen LogP contribution in [0.5, 0.6) is 5.75 Å². The fourth-order valence-corrected chi connectivity index (χ4v) is 1.79. The molecule has 0 spiro atoms. The first-order valence-corrected chi connectivity index (χ1v) is 6.76. The molecule has 0 aliphatic rings. The summed E-state index contributed by atoms with van der Waals surface area (Å²) in [6, 6.07) is 17.2. The molecule has 0 radical (unpaired) electrons. The smallest absolute Gasteiger partial charge is 0.328 e. The molecule has 0 bridgehead atoms. The summed E-state index contributed by atoms with van der Waals surface area (Å²) < 4.78 is 5.68. The lowest BCUT2D eigenvalue weighted by molar-refractivity contribution is -0.141. The standard InChI is InChI=1S/C17H19NO3/c1-17(2,16(19)20)18-14-8-10-15(11-9-14)21-12-13-6-4-3-5-7-13/h3-11,18H,12H2,1-2H3,(H,19,20). The number of benzene rings is 2. The maximum absolute atomic E-state index is 11.1. The maximum atomic E-state index is 11.1. The second-order valence-electron chi connectivity index (χ2n) is 5.35. The summed E-state index contributed by atoms with van der Waals surface area (Å²) in [5.41, 5.74) is 0.841. The Morgan fingerprint density at radius 2 is 1.71 bits per heavy atom. The van der Waals surface area contributed by atoms with Crippen molar-refractivity contribution in [2.45, 2.75) is 26.0 Å². The van der Waals surface area contributed by atoms with Crippen LogP contribution in [0, 0.1) is 0 Å². The van der Waals surface area contributed by atoms with Crippen LogP contribution < -0.4 is 10.1 Å². The van der Waals surface area contributed by atoms with Gasteiger partial charge in [-0.3, -0.25) is 0 Å². The van der Waals surface area contributed by atoms with Crippen molar-refractivity contribution in [2.75, 3.05) is 5.32 Å². The van der Waals surface area contributed by atoms with Gasteiger partial charge in [-0.05, 0) is 43.7 Å². The highest BCUT2D eigenvalue weighted by atomic mass is 16.5. The second kappa shape index (κ2) is 6.31. The van der Waals surface area contributed by atoms with Crippen molar-refractivity contribution < 1.29 is 14.6 Å². The summed E-state index contributed by atoms with van der Waals surface area (Å²) in [7, 11) is 0. The first-order chi connectivity index (χ1) is 9.97. The van der Waals surface area contributed by atoms with E-state index in [0.29, 0.717) is 6.61 Å². The van der Waals surface area contributed by atoms with Gasteiger partial charge in [-0.15, -0.1) is 0 Å². The summed E-state index contributed by atoms with van der Waals surface area (Å²) in [5, 5.41) is 12.0. The van der Waals surface area contributed by atoms with Crippen molar-refractivity contribution in [1.82, 2.24) is 0 Å². The lowest BCUT2D eigenvalue weighted by atomic mass is 10.1. The van der Waals surface area contributed by atoms with Crippen LogP contribution >= 0.6 is 0 Å². The second-order valence-corrected chi connectivity index (χ2v) is 5.35. The monoisotopic (exact) mass is 285 g/mol. The summed E-state index contributed by atoms with van der Waals surface area (Å²) in [6.45, 7) is 3.75. The molecule has 0 saturated heterocycles. The molecule has 4 nitrogen and oxygen atoms in total. The van der Waals surface area contributed by atoms with Gasteiger partial charge < -0.3 is 15.2 Å². The Bertz CT molecular complexity index is 591. The molecule has 110 valence electrons. The molecule has 2 aromatic rings. The number of carboxylic acids is 1. The third kappa shape index (κ3) is 4.24. The number of carbonyl (C=O) groups is 1. The molecule has 0 amide bonds. The van der Waals surface area contributed by atoms with Crippen LogP contribution in [0.3, 0.4) is 0 Å². The van der Waals surface area contributed by atoms with Gasteiger partial charge in [0.05, 0.1) is 0 Å². The summed E-state index contributed by atoms with van der Waals surface area (Å²) in [6.07, 6.45) is 0. The highest BCUT2D eigenvalue weighted by Crippen LogP contribution is 2.20. The van der Waals surface area contributed by atoms with Crippen molar-refractivity contribution in [3.8, 4) is 5.75 Å². The third-order valence-corrected chi connectivity index (χ3v) is 3.09. The van der Waals surface area contributed by atoms with Gasteiger partial charge in [-0.1, -0.05) is 30.3 Å². The van der Waals surface area contributed by atoms with Crippen molar-refractivity contribution in [3.05, 3.63) is 60.2 Å². The highest BCUT2D eigenvalue weighted by Gasteiger charge is 2.26. The largest absolute Gasteiger partial charge is 0.489 e. The van der Waals surface area contributed by atoms with E-state index < -0.39 is 11.5 Å². The van der Waals surface area contributed by atoms with Gasteiger partial charge in [0.15, 0.2) is 0 Å². The minimum atomic E-state index is -1.01. The molecule has 0 aromatic heterocycles. The highest BCUT2D eigenvalue weighted by molar-refractivity contribution is 5.81. The minimum Gasteiger partial charge on any atom is -0.489 e.